The normalized spacial score (nSPS) is 21.5. The van der Waals surface area contributed by atoms with Crippen molar-refractivity contribution < 1.29 is 4.79 Å². The zero-order valence-corrected chi connectivity index (χ0v) is 12.9. The summed E-state index contributed by atoms with van der Waals surface area (Å²) >= 11 is 0. The van der Waals surface area contributed by atoms with E-state index in [-0.39, 0.29) is 36.1 Å². The predicted molar refractivity (Wildman–Crippen MR) is 81.2 cm³/mol. The summed E-state index contributed by atoms with van der Waals surface area (Å²) in [6.45, 7) is 6.16. The fourth-order valence-electron chi connectivity index (χ4n) is 2.19. The molecule has 2 rings (SSSR count). The molecule has 1 aromatic rings. The minimum atomic E-state index is 0. The van der Waals surface area contributed by atoms with Gasteiger partial charge in [-0.05, 0) is 37.4 Å². The van der Waals surface area contributed by atoms with Gasteiger partial charge in [0.1, 0.15) is 5.69 Å². The van der Waals surface area contributed by atoms with Crippen LogP contribution in [0, 0.1) is 12.3 Å². The fourth-order valence-corrected chi connectivity index (χ4v) is 2.19. The van der Waals surface area contributed by atoms with Crippen LogP contribution in [-0.4, -0.2) is 35.4 Å². The van der Waals surface area contributed by atoms with Crippen LogP contribution in [0.1, 0.15) is 29.5 Å². The number of hydrogen-bond acceptors (Lipinski definition) is 3. The highest BCUT2D eigenvalue weighted by atomic mass is 35.5. The molecule has 4 nitrogen and oxygen atoms in total. The second-order valence-corrected chi connectivity index (χ2v) is 5.16. The summed E-state index contributed by atoms with van der Waals surface area (Å²) in [5, 5.41) is 0. The van der Waals surface area contributed by atoms with Crippen molar-refractivity contribution in [3.8, 4) is 0 Å². The maximum Gasteiger partial charge on any atom is 0.272 e. The van der Waals surface area contributed by atoms with Crippen molar-refractivity contribution in [2.75, 3.05) is 19.6 Å². The first kappa shape index (κ1) is 18.2. The molecule has 0 saturated carbocycles. The van der Waals surface area contributed by atoms with E-state index in [0.29, 0.717) is 12.2 Å². The van der Waals surface area contributed by atoms with Gasteiger partial charge in [0.15, 0.2) is 0 Å². The van der Waals surface area contributed by atoms with Crippen LogP contribution in [0.2, 0.25) is 0 Å². The molecule has 0 bridgehead atoms. The molecule has 2 heterocycles. The molecule has 108 valence electrons. The topological polar surface area (TPSA) is 59.2 Å². The quantitative estimate of drug-likeness (QED) is 0.909. The molecule has 1 aromatic heterocycles. The molecule has 0 aliphatic carbocycles. The molecule has 1 aliphatic heterocycles. The Kier molecular flexibility index (Phi) is 6.77. The average Bonchev–Trinajstić information content (AvgIpc) is 2.72. The molecule has 0 radical (unpaired) electrons. The van der Waals surface area contributed by atoms with E-state index < -0.39 is 0 Å². The van der Waals surface area contributed by atoms with Crippen LogP contribution >= 0.6 is 24.8 Å². The summed E-state index contributed by atoms with van der Waals surface area (Å²) in [7, 11) is 0. The van der Waals surface area contributed by atoms with Crippen LogP contribution in [0.3, 0.4) is 0 Å². The molecular weight excluding hydrogens is 285 g/mol. The number of nitrogens with zero attached hydrogens (tertiary/aromatic N) is 2. The standard InChI is InChI=1S/C13H19N3O.2ClH/c1-10-4-3-5-11(15-10)12(17)16-7-6-13(2,8-14)9-16;;/h3-5H,6-9,14H2,1-2H3;2*1H. The second kappa shape index (κ2) is 7.08. The molecule has 1 atom stereocenters. The number of hydrogen-bond donors (Lipinski definition) is 1. The molecular formula is C13H21Cl2N3O. The molecule has 19 heavy (non-hydrogen) atoms. The van der Waals surface area contributed by atoms with Gasteiger partial charge in [-0.2, -0.15) is 0 Å². The van der Waals surface area contributed by atoms with Crippen LogP contribution in [0.25, 0.3) is 0 Å². The first-order chi connectivity index (χ1) is 8.04. The van der Waals surface area contributed by atoms with Gasteiger partial charge in [0.05, 0.1) is 0 Å². The third-order valence-corrected chi connectivity index (χ3v) is 3.45. The van der Waals surface area contributed by atoms with Gasteiger partial charge in [0.25, 0.3) is 5.91 Å². The minimum Gasteiger partial charge on any atom is -0.337 e. The van der Waals surface area contributed by atoms with Crippen LogP contribution < -0.4 is 5.73 Å². The lowest BCUT2D eigenvalue weighted by Crippen LogP contribution is -2.34. The molecule has 1 fully saturated rings. The smallest absolute Gasteiger partial charge is 0.272 e. The molecule has 0 spiro atoms. The van der Waals surface area contributed by atoms with Crippen LogP contribution in [0.4, 0.5) is 0 Å². The summed E-state index contributed by atoms with van der Waals surface area (Å²) in [5.74, 6) is 0.0193. The number of rotatable bonds is 2. The second-order valence-electron chi connectivity index (χ2n) is 5.16. The maximum absolute atomic E-state index is 12.2. The summed E-state index contributed by atoms with van der Waals surface area (Å²) in [6, 6.07) is 5.53. The van der Waals surface area contributed by atoms with Crippen LogP contribution in [0.5, 0.6) is 0 Å². The lowest BCUT2D eigenvalue weighted by Gasteiger charge is -2.22. The Bertz CT molecular complexity index is 442. The lowest BCUT2D eigenvalue weighted by molar-refractivity contribution is 0.0771. The van der Waals surface area contributed by atoms with Crippen molar-refractivity contribution in [2.45, 2.75) is 20.3 Å². The summed E-state index contributed by atoms with van der Waals surface area (Å²) in [6.07, 6.45) is 0.973. The monoisotopic (exact) mass is 305 g/mol. The van der Waals surface area contributed by atoms with E-state index in [0.717, 1.165) is 25.2 Å². The number of aromatic nitrogens is 1. The molecule has 1 aliphatic rings. The molecule has 2 N–H and O–H groups in total. The van der Waals surface area contributed by atoms with E-state index in [1.54, 1.807) is 6.07 Å². The highest BCUT2D eigenvalue weighted by Gasteiger charge is 2.35. The van der Waals surface area contributed by atoms with Crippen molar-refractivity contribution in [3.63, 3.8) is 0 Å². The first-order valence-electron chi connectivity index (χ1n) is 5.97. The predicted octanol–water partition coefficient (Wildman–Crippen LogP) is 2.04. The first-order valence-corrected chi connectivity index (χ1v) is 5.97. The average molecular weight is 306 g/mol. The van der Waals surface area contributed by atoms with Crippen molar-refractivity contribution in [3.05, 3.63) is 29.6 Å². The van der Waals surface area contributed by atoms with Crippen LogP contribution in [-0.2, 0) is 0 Å². The summed E-state index contributed by atoms with van der Waals surface area (Å²) in [4.78, 5) is 18.4. The zero-order valence-electron chi connectivity index (χ0n) is 11.3. The van der Waals surface area contributed by atoms with Gasteiger partial charge >= 0.3 is 0 Å². The highest BCUT2D eigenvalue weighted by Crippen LogP contribution is 2.29. The number of carbonyl (C=O) groups excluding carboxylic acids is 1. The van der Waals surface area contributed by atoms with E-state index in [9.17, 15) is 4.79 Å². The third kappa shape index (κ3) is 4.06. The summed E-state index contributed by atoms with van der Waals surface area (Å²) < 4.78 is 0. The highest BCUT2D eigenvalue weighted by molar-refractivity contribution is 5.92. The lowest BCUT2D eigenvalue weighted by atomic mass is 9.90. The minimum absolute atomic E-state index is 0. The van der Waals surface area contributed by atoms with E-state index >= 15 is 0 Å². The Labute approximate surface area is 126 Å². The number of amides is 1. The van der Waals surface area contributed by atoms with Crippen molar-refractivity contribution in [2.24, 2.45) is 11.1 Å². The number of pyridine rings is 1. The Morgan fingerprint density at radius 1 is 1.47 bits per heavy atom. The summed E-state index contributed by atoms with van der Waals surface area (Å²) in [5.41, 5.74) is 7.21. The zero-order chi connectivity index (χ0) is 12.5. The van der Waals surface area contributed by atoms with Crippen molar-refractivity contribution >= 4 is 30.7 Å². The van der Waals surface area contributed by atoms with Gasteiger partial charge < -0.3 is 10.6 Å². The SMILES string of the molecule is Cc1cccc(C(=O)N2CCC(C)(CN)C2)n1.Cl.Cl. The Balaban J connectivity index is 0.00000162. The van der Waals surface area contributed by atoms with Gasteiger partial charge in [-0.1, -0.05) is 13.0 Å². The van der Waals surface area contributed by atoms with Gasteiger partial charge in [0.2, 0.25) is 0 Å². The number of carbonyl (C=O) groups is 1. The van der Waals surface area contributed by atoms with Gasteiger partial charge in [0, 0.05) is 18.8 Å². The van der Waals surface area contributed by atoms with Gasteiger partial charge in [-0.3, -0.25) is 4.79 Å². The Hall–Kier alpha value is -0.840. The Morgan fingerprint density at radius 3 is 2.68 bits per heavy atom. The van der Waals surface area contributed by atoms with E-state index in [1.165, 1.54) is 0 Å². The number of likely N-dealkylation sites (tertiary alicyclic amines) is 1. The molecule has 6 heteroatoms. The van der Waals surface area contributed by atoms with Gasteiger partial charge in [-0.15, -0.1) is 24.8 Å². The number of aryl methyl sites for hydroxylation is 1. The fraction of sp³-hybridized carbons (Fsp3) is 0.538. The van der Waals surface area contributed by atoms with Crippen molar-refractivity contribution in [1.82, 2.24) is 9.88 Å². The van der Waals surface area contributed by atoms with Crippen molar-refractivity contribution in [1.29, 1.82) is 0 Å². The molecule has 1 unspecified atom stereocenters. The van der Waals surface area contributed by atoms with E-state index in [4.69, 9.17) is 5.73 Å². The largest absolute Gasteiger partial charge is 0.337 e. The number of halogens is 2. The molecule has 1 amide bonds. The van der Waals surface area contributed by atoms with Crippen LogP contribution in [0.15, 0.2) is 18.2 Å². The van der Waals surface area contributed by atoms with E-state index in [1.807, 2.05) is 24.0 Å². The molecule has 1 saturated heterocycles. The Morgan fingerprint density at radius 2 is 2.16 bits per heavy atom. The molecule has 0 aromatic carbocycles. The number of nitrogens with two attached hydrogens (primary N) is 1. The van der Waals surface area contributed by atoms with E-state index in [2.05, 4.69) is 11.9 Å². The maximum atomic E-state index is 12.2. The van der Waals surface area contributed by atoms with Gasteiger partial charge in [-0.25, -0.2) is 4.98 Å². The third-order valence-electron chi connectivity index (χ3n) is 3.45.